The van der Waals surface area contributed by atoms with Crippen LogP contribution in [0.1, 0.15) is 18.4 Å². The minimum absolute atomic E-state index is 0.0372. The first-order valence-corrected chi connectivity index (χ1v) is 10.0. The van der Waals surface area contributed by atoms with E-state index in [0.29, 0.717) is 41.0 Å². The van der Waals surface area contributed by atoms with E-state index in [4.69, 9.17) is 0 Å². The molecule has 9 heteroatoms. The van der Waals surface area contributed by atoms with E-state index in [1.807, 2.05) is 0 Å². The molecule has 4 rings (SSSR count). The average molecular weight is 445 g/mol. The highest BCUT2D eigenvalue weighted by molar-refractivity contribution is 5.89. The number of carbonyl (C=O) groups excluding carboxylic acids is 2. The number of rotatable bonds is 6. The molecular weight excluding hydrogens is 426 g/mol. The number of hydrogen-bond acceptors (Lipinski definition) is 2. The van der Waals surface area contributed by atoms with Crippen molar-refractivity contribution in [3.8, 4) is 22.5 Å². The number of benzene rings is 2. The Morgan fingerprint density at radius 3 is 2.22 bits per heavy atom. The summed E-state index contributed by atoms with van der Waals surface area (Å²) in [7, 11) is 0. The topological polar surface area (TPSA) is 74.0 Å². The maximum Gasteiger partial charge on any atom is 0.242 e. The van der Waals surface area contributed by atoms with Crippen LogP contribution in [-0.2, 0) is 16.0 Å². The Morgan fingerprint density at radius 2 is 1.59 bits per heavy atom. The number of aromatic amines is 1. The molecule has 1 fully saturated rings. The van der Waals surface area contributed by atoms with E-state index in [9.17, 15) is 27.2 Å². The zero-order valence-electron chi connectivity index (χ0n) is 16.8. The van der Waals surface area contributed by atoms with Crippen LogP contribution >= 0.6 is 0 Å². The maximum absolute atomic E-state index is 13.8. The normalized spacial score (nSPS) is 15.6. The summed E-state index contributed by atoms with van der Waals surface area (Å²) in [5.41, 5.74) is 2.14. The lowest BCUT2D eigenvalue weighted by molar-refractivity contribution is -0.127. The molecule has 5 nitrogen and oxygen atoms in total. The number of halogens is 4. The van der Waals surface area contributed by atoms with Gasteiger partial charge >= 0.3 is 0 Å². The molecule has 2 amide bonds. The molecule has 1 unspecified atom stereocenters. The third-order valence-electron chi connectivity index (χ3n) is 5.34. The van der Waals surface area contributed by atoms with E-state index < -0.39 is 29.3 Å². The Kier molecular flexibility index (Phi) is 5.98. The molecule has 1 atom stereocenters. The Bertz CT molecular complexity index is 1190. The van der Waals surface area contributed by atoms with Gasteiger partial charge in [0.1, 0.15) is 6.04 Å². The van der Waals surface area contributed by atoms with Gasteiger partial charge in [-0.2, -0.15) is 0 Å². The molecule has 0 saturated carbocycles. The van der Waals surface area contributed by atoms with Crippen molar-refractivity contribution in [1.82, 2.24) is 15.6 Å². The lowest BCUT2D eigenvalue weighted by atomic mass is 10.0. The van der Waals surface area contributed by atoms with Crippen LogP contribution in [0.15, 0.2) is 42.5 Å². The minimum Gasteiger partial charge on any atom is -0.354 e. The second-order valence-electron chi connectivity index (χ2n) is 7.54. The van der Waals surface area contributed by atoms with Crippen molar-refractivity contribution in [2.24, 2.45) is 0 Å². The summed E-state index contributed by atoms with van der Waals surface area (Å²) in [4.78, 5) is 27.0. The van der Waals surface area contributed by atoms with E-state index in [-0.39, 0.29) is 24.7 Å². The molecule has 2 heterocycles. The maximum atomic E-state index is 13.8. The Balaban J connectivity index is 1.62. The third kappa shape index (κ3) is 4.51. The first kappa shape index (κ1) is 21.6. The number of nitrogens with one attached hydrogen (secondary N) is 3. The second kappa shape index (κ2) is 8.86. The smallest absolute Gasteiger partial charge is 0.242 e. The summed E-state index contributed by atoms with van der Waals surface area (Å²) in [5, 5.41) is 5.30. The van der Waals surface area contributed by atoms with Crippen molar-refractivity contribution in [2.75, 3.05) is 6.54 Å². The number of carbonyl (C=O) groups is 2. The third-order valence-corrected chi connectivity index (χ3v) is 5.34. The predicted octanol–water partition coefficient (Wildman–Crippen LogP) is 3.84. The van der Waals surface area contributed by atoms with E-state index in [1.54, 1.807) is 6.07 Å². The highest BCUT2D eigenvalue weighted by Gasteiger charge is 2.25. The van der Waals surface area contributed by atoms with Crippen LogP contribution in [0.2, 0.25) is 0 Å². The highest BCUT2D eigenvalue weighted by atomic mass is 19.2. The summed E-state index contributed by atoms with van der Waals surface area (Å²) in [6.07, 6.45) is 0.763. The molecule has 0 radical (unpaired) electrons. The van der Waals surface area contributed by atoms with Crippen LogP contribution in [0, 0.1) is 23.3 Å². The monoisotopic (exact) mass is 445 g/mol. The summed E-state index contributed by atoms with van der Waals surface area (Å²) < 4.78 is 54.2. The summed E-state index contributed by atoms with van der Waals surface area (Å²) >= 11 is 0. The van der Waals surface area contributed by atoms with Crippen molar-refractivity contribution in [1.29, 1.82) is 0 Å². The van der Waals surface area contributed by atoms with Crippen molar-refractivity contribution < 1.29 is 27.2 Å². The van der Waals surface area contributed by atoms with Gasteiger partial charge in [0.2, 0.25) is 11.8 Å². The highest BCUT2D eigenvalue weighted by Crippen LogP contribution is 2.31. The molecular formula is C23H19F4N3O2. The van der Waals surface area contributed by atoms with Crippen LogP contribution in [0.4, 0.5) is 17.6 Å². The summed E-state index contributed by atoms with van der Waals surface area (Å²) in [6, 6.07) is 7.85. The van der Waals surface area contributed by atoms with Gasteiger partial charge in [-0.05, 0) is 60.9 Å². The molecule has 1 aliphatic rings. The molecule has 0 bridgehead atoms. The van der Waals surface area contributed by atoms with Crippen LogP contribution < -0.4 is 10.6 Å². The standard InChI is InChI=1S/C23H19F4N3O2/c24-15-4-1-12(9-17(15)26)20-11-14(3-6-21(31)29-19-7-8-28-23(19)32)22(30-20)13-2-5-16(25)18(27)10-13/h1-2,4-5,9-11,19,30H,3,6-8H2,(H,28,32)(H,29,31). The van der Waals surface area contributed by atoms with Gasteiger partial charge in [-0.3, -0.25) is 9.59 Å². The number of aromatic nitrogens is 1. The van der Waals surface area contributed by atoms with Gasteiger partial charge < -0.3 is 15.6 Å². The fourth-order valence-electron chi connectivity index (χ4n) is 3.67. The molecule has 1 aliphatic heterocycles. The second-order valence-corrected chi connectivity index (χ2v) is 7.54. The first-order valence-electron chi connectivity index (χ1n) is 10.0. The van der Waals surface area contributed by atoms with Gasteiger partial charge in [-0.15, -0.1) is 0 Å². The quantitative estimate of drug-likeness (QED) is 0.505. The zero-order chi connectivity index (χ0) is 22.8. The Hall–Kier alpha value is -3.62. The van der Waals surface area contributed by atoms with Gasteiger partial charge in [-0.1, -0.05) is 0 Å². The number of H-pyrrole nitrogens is 1. The van der Waals surface area contributed by atoms with Gasteiger partial charge in [0, 0.05) is 35.5 Å². The minimum atomic E-state index is -1.04. The Labute approximate surface area is 180 Å². The molecule has 0 spiro atoms. The summed E-state index contributed by atoms with van der Waals surface area (Å²) in [6.45, 7) is 0.499. The molecule has 3 aromatic rings. The molecule has 1 aromatic heterocycles. The fourth-order valence-corrected chi connectivity index (χ4v) is 3.67. The van der Waals surface area contributed by atoms with E-state index in [0.717, 1.165) is 24.3 Å². The number of aryl methyl sites for hydroxylation is 1. The van der Waals surface area contributed by atoms with E-state index >= 15 is 0 Å². The SMILES string of the molecule is O=C(CCc1cc(-c2ccc(F)c(F)c2)[nH]c1-c1ccc(F)c(F)c1)NC1CCNC1=O. The first-order chi connectivity index (χ1) is 15.3. The van der Waals surface area contributed by atoms with Gasteiger partial charge in [-0.25, -0.2) is 17.6 Å². The fraction of sp³-hybridized carbons (Fsp3) is 0.217. The van der Waals surface area contributed by atoms with Crippen LogP contribution in [0.25, 0.3) is 22.5 Å². The van der Waals surface area contributed by atoms with Crippen molar-refractivity contribution in [3.63, 3.8) is 0 Å². The molecule has 3 N–H and O–H groups in total. The zero-order valence-corrected chi connectivity index (χ0v) is 16.8. The van der Waals surface area contributed by atoms with Crippen LogP contribution in [0.3, 0.4) is 0 Å². The average Bonchev–Trinajstić information content (AvgIpc) is 3.37. The van der Waals surface area contributed by atoms with Crippen molar-refractivity contribution in [3.05, 3.63) is 71.3 Å². The van der Waals surface area contributed by atoms with E-state index in [2.05, 4.69) is 15.6 Å². The van der Waals surface area contributed by atoms with Crippen molar-refractivity contribution >= 4 is 11.8 Å². The summed E-state index contributed by atoms with van der Waals surface area (Å²) in [5.74, 6) is -4.63. The van der Waals surface area contributed by atoms with Crippen molar-refractivity contribution in [2.45, 2.75) is 25.3 Å². The Morgan fingerprint density at radius 1 is 0.938 bits per heavy atom. The van der Waals surface area contributed by atoms with E-state index in [1.165, 1.54) is 12.1 Å². The van der Waals surface area contributed by atoms with Crippen LogP contribution in [-0.4, -0.2) is 29.4 Å². The lowest BCUT2D eigenvalue weighted by Crippen LogP contribution is -2.40. The number of amides is 2. The number of hydrogen-bond donors (Lipinski definition) is 3. The molecule has 0 aliphatic carbocycles. The van der Waals surface area contributed by atoms with Crippen LogP contribution in [0.5, 0.6) is 0 Å². The van der Waals surface area contributed by atoms with Gasteiger partial charge in [0.05, 0.1) is 0 Å². The van der Waals surface area contributed by atoms with Gasteiger partial charge in [0.25, 0.3) is 0 Å². The predicted molar refractivity (Wildman–Crippen MR) is 109 cm³/mol. The lowest BCUT2D eigenvalue weighted by Gasteiger charge is -2.10. The molecule has 1 saturated heterocycles. The van der Waals surface area contributed by atoms with Gasteiger partial charge in [0.15, 0.2) is 23.3 Å². The largest absolute Gasteiger partial charge is 0.354 e. The molecule has 32 heavy (non-hydrogen) atoms. The molecule has 166 valence electrons. The molecule has 2 aromatic carbocycles.